The Morgan fingerprint density at radius 3 is 2.47 bits per heavy atom. The molecular weight excluding hydrogens is 288 g/mol. The van der Waals surface area contributed by atoms with E-state index in [1.165, 1.54) is 13.1 Å². The highest BCUT2D eigenvalue weighted by Crippen LogP contribution is 2.21. The van der Waals surface area contributed by atoms with Crippen molar-refractivity contribution in [2.24, 2.45) is 4.99 Å². The second-order valence-electron chi connectivity index (χ2n) is 3.03. The van der Waals surface area contributed by atoms with E-state index in [0.29, 0.717) is 0 Å². The third-order valence-electron chi connectivity index (χ3n) is 1.94. The second kappa shape index (κ2) is 5.53. The summed E-state index contributed by atoms with van der Waals surface area (Å²) in [7, 11) is 1.34. The molecule has 1 aliphatic heterocycles. The third-order valence-corrected chi connectivity index (χ3v) is 2.77. The van der Waals surface area contributed by atoms with E-state index in [2.05, 4.69) is 11.6 Å². The van der Waals surface area contributed by atoms with Gasteiger partial charge in [0.15, 0.2) is 5.16 Å². The summed E-state index contributed by atoms with van der Waals surface area (Å²) in [6.45, 7) is 3.62. The molecule has 1 fully saturated rings. The third kappa shape index (κ3) is 2.80. The molecule has 1 rings (SSSR count). The van der Waals surface area contributed by atoms with Crippen molar-refractivity contribution in [3.05, 3.63) is 22.3 Å². The molecular formula is C9H8Cl3N3O2. The van der Waals surface area contributed by atoms with Gasteiger partial charge in [0.1, 0.15) is 4.49 Å². The maximum atomic E-state index is 11.7. The van der Waals surface area contributed by atoms with Crippen molar-refractivity contribution in [1.29, 1.82) is 0 Å². The van der Waals surface area contributed by atoms with Gasteiger partial charge in [-0.3, -0.25) is 14.6 Å². The minimum absolute atomic E-state index is 0.137. The summed E-state index contributed by atoms with van der Waals surface area (Å²) in [5, 5.41) is -0.256. The summed E-state index contributed by atoms with van der Waals surface area (Å²) >= 11 is 16.4. The van der Waals surface area contributed by atoms with Gasteiger partial charge in [-0.25, -0.2) is 9.79 Å². The first-order chi connectivity index (χ1) is 7.90. The van der Waals surface area contributed by atoms with Crippen molar-refractivity contribution in [3.8, 4) is 0 Å². The number of amides is 3. The number of likely N-dealkylation sites (N-methyl/N-ethyl adjacent to an activating group) is 1. The van der Waals surface area contributed by atoms with Gasteiger partial charge in [-0.2, -0.15) is 0 Å². The molecule has 0 unspecified atom stereocenters. The van der Waals surface area contributed by atoms with Crippen LogP contribution in [0.3, 0.4) is 0 Å². The van der Waals surface area contributed by atoms with E-state index in [1.54, 1.807) is 0 Å². The molecule has 1 heterocycles. The molecule has 0 bridgehead atoms. The van der Waals surface area contributed by atoms with Crippen LogP contribution < -0.4 is 0 Å². The Bertz CT molecular complexity index is 441. The number of hydrogen-bond donors (Lipinski definition) is 0. The van der Waals surface area contributed by atoms with Gasteiger partial charge < -0.3 is 0 Å². The molecule has 0 aromatic heterocycles. The number of carbonyl (C=O) groups excluding carboxylic acids is 2. The normalized spacial score (nSPS) is 18.0. The smallest absolute Gasteiger partial charge is 0.269 e. The summed E-state index contributed by atoms with van der Waals surface area (Å²) in [6, 6.07) is -0.510. The lowest BCUT2D eigenvalue weighted by atomic mass is 10.5. The standard InChI is InChI=1S/C9H8Cl3N3O2/c1-3-4-15-7(13-6(12)5(10)11)8(16)14(2)9(15)17/h3H,1,4H2,2H3. The maximum absolute atomic E-state index is 11.7. The van der Waals surface area contributed by atoms with E-state index in [4.69, 9.17) is 34.8 Å². The van der Waals surface area contributed by atoms with E-state index in [9.17, 15) is 9.59 Å². The first-order valence-corrected chi connectivity index (χ1v) is 5.53. The highest BCUT2D eigenvalue weighted by atomic mass is 35.5. The molecule has 1 saturated heterocycles. The van der Waals surface area contributed by atoms with Crippen LogP contribution in [0, 0.1) is 0 Å². The lowest BCUT2D eigenvalue weighted by Gasteiger charge is -2.11. The summed E-state index contributed by atoms with van der Waals surface area (Å²) in [6.07, 6.45) is 1.46. The average molecular weight is 297 g/mol. The molecule has 1 aliphatic rings. The Labute approximate surface area is 113 Å². The SMILES string of the molecule is C=CCN1C(=O)N(C)C(=O)C1=NC(Cl)=C(Cl)Cl. The van der Waals surface area contributed by atoms with Gasteiger partial charge in [-0.05, 0) is 0 Å². The number of imide groups is 1. The zero-order valence-corrected chi connectivity index (χ0v) is 11.1. The molecule has 0 N–H and O–H groups in total. The highest BCUT2D eigenvalue weighted by Gasteiger charge is 2.39. The first-order valence-electron chi connectivity index (χ1n) is 4.40. The van der Waals surface area contributed by atoms with Crippen molar-refractivity contribution in [2.75, 3.05) is 13.6 Å². The molecule has 0 aromatic rings. The monoisotopic (exact) mass is 295 g/mol. The zero-order chi connectivity index (χ0) is 13.2. The van der Waals surface area contributed by atoms with E-state index in [1.807, 2.05) is 0 Å². The van der Waals surface area contributed by atoms with E-state index in [-0.39, 0.29) is 22.0 Å². The van der Waals surface area contributed by atoms with Crippen molar-refractivity contribution in [2.45, 2.75) is 0 Å². The van der Waals surface area contributed by atoms with Crippen molar-refractivity contribution < 1.29 is 9.59 Å². The Hall–Kier alpha value is -1.04. The minimum Gasteiger partial charge on any atom is -0.269 e. The molecule has 3 amide bonds. The summed E-state index contributed by atoms with van der Waals surface area (Å²) in [5.41, 5.74) is 0. The molecule has 8 heteroatoms. The van der Waals surface area contributed by atoms with Gasteiger partial charge in [0.2, 0.25) is 5.84 Å². The van der Waals surface area contributed by atoms with Crippen LogP contribution in [0.4, 0.5) is 4.79 Å². The van der Waals surface area contributed by atoms with Crippen molar-refractivity contribution in [1.82, 2.24) is 9.80 Å². The van der Waals surface area contributed by atoms with Gasteiger partial charge in [0, 0.05) is 13.6 Å². The van der Waals surface area contributed by atoms with Gasteiger partial charge in [0.25, 0.3) is 5.91 Å². The van der Waals surface area contributed by atoms with Crippen LogP contribution in [0.5, 0.6) is 0 Å². The molecule has 0 spiro atoms. The Morgan fingerprint density at radius 1 is 1.41 bits per heavy atom. The highest BCUT2D eigenvalue weighted by molar-refractivity contribution is 6.59. The number of urea groups is 1. The maximum Gasteiger partial charge on any atom is 0.332 e. The number of amidine groups is 1. The molecule has 0 aromatic carbocycles. The van der Waals surface area contributed by atoms with E-state index < -0.39 is 11.9 Å². The van der Waals surface area contributed by atoms with Crippen molar-refractivity contribution in [3.63, 3.8) is 0 Å². The fraction of sp³-hybridized carbons (Fsp3) is 0.222. The number of rotatable bonds is 3. The van der Waals surface area contributed by atoms with E-state index in [0.717, 1.165) is 9.80 Å². The molecule has 0 aliphatic carbocycles. The van der Waals surface area contributed by atoms with Crippen LogP contribution in [0.25, 0.3) is 0 Å². The topological polar surface area (TPSA) is 53.0 Å². The molecule has 92 valence electrons. The van der Waals surface area contributed by atoms with Gasteiger partial charge >= 0.3 is 6.03 Å². The number of nitrogens with zero attached hydrogens (tertiary/aromatic N) is 3. The fourth-order valence-electron chi connectivity index (χ4n) is 1.16. The van der Waals surface area contributed by atoms with Crippen LogP contribution in [0.15, 0.2) is 27.3 Å². The Kier molecular flexibility index (Phi) is 4.56. The van der Waals surface area contributed by atoms with E-state index >= 15 is 0 Å². The van der Waals surface area contributed by atoms with Crippen LogP contribution in [0.2, 0.25) is 0 Å². The number of carbonyl (C=O) groups is 2. The predicted molar refractivity (Wildman–Crippen MR) is 67.1 cm³/mol. The molecule has 5 nitrogen and oxygen atoms in total. The molecule has 17 heavy (non-hydrogen) atoms. The number of halogens is 3. The van der Waals surface area contributed by atoms with Crippen molar-refractivity contribution >= 4 is 52.6 Å². The zero-order valence-electron chi connectivity index (χ0n) is 8.78. The Morgan fingerprint density at radius 2 is 2.00 bits per heavy atom. The van der Waals surface area contributed by atoms with Gasteiger partial charge in [-0.1, -0.05) is 40.9 Å². The lowest BCUT2D eigenvalue weighted by Crippen LogP contribution is -2.31. The van der Waals surface area contributed by atoms with Crippen LogP contribution in [-0.4, -0.2) is 41.2 Å². The van der Waals surface area contributed by atoms with Crippen LogP contribution in [0.1, 0.15) is 0 Å². The van der Waals surface area contributed by atoms with Gasteiger partial charge in [-0.15, -0.1) is 6.58 Å². The average Bonchev–Trinajstić information content (AvgIpc) is 2.47. The fourth-order valence-corrected chi connectivity index (χ4v) is 1.33. The summed E-state index contributed by atoms with van der Waals surface area (Å²) in [4.78, 5) is 29.1. The molecule has 0 saturated carbocycles. The molecule has 0 atom stereocenters. The Balaban J connectivity index is 3.19. The van der Waals surface area contributed by atoms with Crippen LogP contribution >= 0.6 is 34.8 Å². The summed E-state index contributed by atoms with van der Waals surface area (Å²) < 4.78 is -0.285. The molecule has 0 radical (unpaired) electrons. The number of hydrogen-bond acceptors (Lipinski definition) is 3. The largest absolute Gasteiger partial charge is 0.332 e. The second-order valence-corrected chi connectivity index (χ2v) is 4.34. The minimum atomic E-state index is -0.579. The first kappa shape index (κ1) is 14.0. The lowest BCUT2D eigenvalue weighted by molar-refractivity contribution is -0.119. The quantitative estimate of drug-likeness (QED) is 0.456. The number of aliphatic imine (C=N–C) groups is 1. The summed E-state index contributed by atoms with van der Waals surface area (Å²) in [5.74, 6) is -0.717. The predicted octanol–water partition coefficient (Wildman–Crippen LogP) is 2.31. The van der Waals surface area contributed by atoms with Crippen LogP contribution in [-0.2, 0) is 4.79 Å². The van der Waals surface area contributed by atoms with Gasteiger partial charge in [0.05, 0.1) is 0 Å².